The molecule has 1 amide bonds. The molecule has 0 radical (unpaired) electrons. The number of hydrogen-bond acceptors (Lipinski definition) is 7. The zero-order chi connectivity index (χ0) is 19.8. The Kier molecular flexibility index (Phi) is 5.05. The lowest BCUT2D eigenvalue weighted by molar-refractivity contribution is -0.135. The molecule has 27 heavy (non-hydrogen) atoms. The Labute approximate surface area is 156 Å². The number of pyridine rings is 1. The van der Waals surface area contributed by atoms with E-state index in [1.54, 1.807) is 24.2 Å². The maximum Gasteiger partial charge on any atom is 0.323 e. The largest absolute Gasteiger partial charge is 0.480 e. The number of carbonyl (C=O) groups excluding carboxylic acids is 1. The SMILES string of the molecule is Cc1cc(N(C)CC(=O)O)cn2nc(NC(=O)CC3CCS(=O)(=O)C3)nc12. The predicted octanol–water partition coefficient (Wildman–Crippen LogP) is 0.322. The van der Waals surface area contributed by atoms with Crippen molar-refractivity contribution in [1.29, 1.82) is 0 Å². The van der Waals surface area contributed by atoms with Gasteiger partial charge in [0.15, 0.2) is 15.5 Å². The maximum atomic E-state index is 12.2. The van der Waals surface area contributed by atoms with Gasteiger partial charge in [0, 0.05) is 13.5 Å². The molecule has 1 atom stereocenters. The van der Waals surface area contributed by atoms with Crippen LogP contribution in [0.25, 0.3) is 5.65 Å². The summed E-state index contributed by atoms with van der Waals surface area (Å²) >= 11 is 0. The van der Waals surface area contributed by atoms with E-state index in [0.29, 0.717) is 17.8 Å². The third kappa shape index (κ3) is 4.54. The summed E-state index contributed by atoms with van der Waals surface area (Å²) in [4.78, 5) is 28.9. The standard InChI is InChI=1S/C16H21N5O5S/c1-10-5-12(20(2)8-14(23)24)7-21-15(10)18-16(19-21)17-13(22)6-11-3-4-27(25,26)9-11/h5,7,11H,3-4,6,8-9H2,1-2H3,(H,23,24)(H,17,19,22). The van der Waals surface area contributed by atoms with Crippen molar-refractivity contribution in [3.63, 3.8) is 0 Å². The van der Waals surface area contributed by atoms with Gasteiger partial charge < -0.3 is 10.0 Å². The van der Waals surface area contributed by atoms with Crippen LogP contribution in [0.3, 0.4) is 0 Å². The smallest absolute Gasteiger partial charge is 0.323 e. The summed E-state index contributed by atoms with van der Waals surface area (Å²) in [6.07, 6.45) is 2.24. The van der Waals surface area contributed by atoms with E-state index >= 15 is 0 Å². The highest BCUT2D eigenvalue weighted by atomic mass is 32.2. The molecular weight excluding hydrogens is 374 g/mol. The molecule has 10 nitrogen and oxygen atoms in total. The Morgan fingerprint density at radius 3 is 2.81 bits per heavy atom. The van der Waals surface area contributed by atoms with Gasteiger partial charge in [-0.1, -0.05) is 0 Å². The molecule has 1 saturated heterocycles. The van der Waals surface area contributed by atoms with Crippen LogP contribution in [0.2, 0.25) is 0 Å². The van der Waals surface area contributed by atoms with Gasteiger partial charge in [0.1, 0.15) is 6.54 Å². The number of aromatic nitrogens is 3. The summed E-state index contributed by atoms with van der Waals surface area (Å²) in [6, 6.07) is 1.79. The van der Waals surface area contributed by atoms with Gasteiger partial charge in [0.25, 0.3) is 0 Å². The van der Waals surface area contributed by atoms with Gasteiger partial charge in [-0.15, -0.1) is 5.10 Å². The van der Waals surface area contributed by atoms with Crippen LogP contribution in [-0.4, -0.2) is 65.1 Å². The van der Waals surface area contributed by atoms with Crippen molar-refractivity contribution < 1.29 is 23.1 Å². The summed E-state index contributed by atoms with van der Waals surface area (Å²) in [7, 11) is -1.37. The molecule has 3 rings (SSSR count). The van der Waals surface area contributed by atoms with E-state index in [1.807, 2.05) is 6.92 Å². The second kappa shape index (κ2) is 7.14. The van der Waals surface area contributed by atoms with E-state index in [4.69, 9.17) is 5.11 Å². The fourth-order valence-corrected chi connectivity index (χ4v) is 5.02. The highest BCUT2D eigenvalue weighted by molar-refractivity contribution is 7.91. The molecule has 146 valence electrons. The van der Waals surface area contributed by atoms with Gasteiger partial charge in [0.05, 0.1) is 23.4 Å². The summed E-state index contributed by atoms with van der Waals surface area (Å²) < 4.78 is 24.5. The monoisotopic (exact) mass is 395 g/mol. The molecular formula is C16H21N5O5S. The lowest BCUT2D eigenvalue weighted by Crippen LogP contribution is -2.25. The van der Waals surface area contributed by atoms with Crippen LogP contribution in [0.15, 0.2) is 12.3 Å². The quantitative estimate of drug-likeness (QED) is 0.714. The fraction of sp³-hybridized carbons (Fsp3) is 0.500. The molecule has 2 N–H and O–H groups in total. The van der Waals surface area contributed by atoms with Crippen molar-refractivity contribution >= 4 is 39.0 Å². The van der Waals surface area contributed by atoms with Crippen LogP contribution in [0, 0.1) is 12.8 Å². The number of aliphatic carboxylic acids is 1. The minimum Gasteiger partial charge on any atom is -0.480 e. The molecule has 11 heteroatoms. The number of carbonyl (C=O) groups is 2. The van der Waals surface area contributed by atoms with E-state index in [2.05, 4.69) is 15.4 Å². The molecule has 3 heterocycles. The Morgan fingerprint density at radius 2 is 2.19 bits per heavy atom. The molecule has 0 spiro atoms. The number of amides is 1. The van der Waals surface area contributed by atoms with Crippen LogP contribution in [0.1, 0.15) is 18.4 Å². The zero-order valence-corrected chi connectivity index (χ0v) is 15.9. The van der Waals surface area contributed by atoms with Gasteiger partial charge in [-0.3, -0.25) is 14.9 Å². The topological polar surface area (TPSA) is 134 Å². The zero-order valence-electron chi connectivity index (χ0n) is 15.0. The number of sulfone groups is 1. The van der Waals surface area contributed by atoms with E-state index < -0.39 is 15.8 Å². The van der Waals surface area contributed by atoms with Gasteiger partial charge >= 0.3 is 5.97 Å². The molecule has 2 aromatic rings. The highest BCUT2D eigenvalue weighted by Crippen LogP contribution is 2.22. The van der Waals surface area contributed by atoms with Crippen molar-refractivity contribution in [3.8, 4) is 0 Å². The number of carboxylic acid groups (broad SMARTS) is 1. The van der Waals surface area contributed by atoms with Crippen LogP contribution < -0.4 is 10.2 Å². The number of fused-ring (bicyclic) bond motifs is 1. The fourth-order valence-electron chi connectivity index (χ4n) is 3.16. The van der Waals surface area contributed by atoms with Crippen molar-refractivity contribution in [2.45, 2.75) is 19.8 Å². The molecule has 0 saturated carbocycles. The molecule has 2 aromatic heterocycles. The summed E-state index contributed by atoms with van der Waals surface area (Å²) in [5, 5.41) is 15.7. The van der Waals surface area contributed by atoms with Crippen LogP contribution in [0.4, 0.5) is 11.6 Å². The van der Waals surface area contributed by atoms with Crippen molar-refractivity contribution in [2.24, 2.45) is 5.92 Å². The first-order chi connectivity index (χ1) is 12.6. The molecule has 1 fully saturated rings. The third-order valence-corrected chi connectivity index (χ3v) is 6.31. The van der Waals surface area contributed by atoms with Gasteiger partial charge in [-0.25, -0.2) is 12.9 Å². The first-order valence-electron chi connectivity index (χ1n) is 8.43. The summed E-state index contributed by atoms with van der Waals surface area (Å²) in [5.41, 5.74) is 1.97. The number of likely N-dealkylation sites (N-methyl/N-ethyl adjacent to an activating group) is 1. The molecule has 0 aliphatic carbocycles. The van der Waals surface area contributed by atoms with E-state index in [1.165, 1.54) is 4.52 Å². The Hall–Kier alpha value is -2.69. The Morgan fingerprint density at radius 1 is 1.44 bits per heavy atom. The summed E-state index contributed by atoms with van der Waals surface area (Å²) in [5.74, 6) is -1.16. The third-order valence-electron chi connectivity index (χ3n) is 4.47. The van der Waals surface area contributed by atoms with Crippen molar-refractivity contribution in [2.75, 3.05) is 35.3 Å². The Bertz CT molecular complexity index is 1000. The van der Waals surface area contributed by atoms with E-state index in [9.17, 15) is 18.0 Å². The molecule has 1 aliphatic rings. The van der Waals surface area contributed by atoms with Gasteiger partial charge in [-0.05, 0) is 30.9 Å². The molecule has 0 bridgehead atoms. The first-order valence-corrected chi connectivity index (χ1v) is 10.3. The number of rotatable bonds is 6. The van der Waals surface area contributed by atoms with Gasteiger partial charge in [-0.2, -0.15) is 4.98 Å². The number of nitrogens with zero attached hydrogens (tertiary/aromatic N) is 4. The lowest BCUT2D eigenvalue weighted by atomic mass is 10.1. The second-order valence-electron chi connectivity index (χ2n) is 6.86. The minimum atomic E-state index is -3.02. The van der Waals surface area contributed by atoms with Crippen molar-refractivity contribution in [1.82, 2.24) is 14.6 Å². The van der Waals surface area contributed by atoms with Crippen molar-refractivity contribution in [3.05, 3.63) is 17.8 Å². The van der Waals surface area contributed by atoms with Crippen LogP contribution in [-0.2, 0) is 19.4 Å². The average molecular weight is 395 g/mol. The minimum absolute atomic E-state index is 0.0391. The maximum absolute atomic E-state index is 12.2. The first kappa shape index (κ1) is 19.1. The lowest BCUT2D eigenvalue weighted by Gasteiger charge is -2.17. The highest BCUT2D eigenvalue weighted by Gasteiger charge is 2.29. The molecule has 0 aromatic carbocycles. The van der Waals surface area contributed by atoms with Gasteiger partial charge in [0.2, 0.25) is 11.9 Å². The second-order valence-corrected chi connectivity index (χ2v) is 9.08. The normalized spacial score (nSPS) is 18.5. The summed E-state index contributed by atoms with van der Waals surface area (Å²) in [6.45, 7) is 1.66. The number of carboxylic acids is 1. The van der Waals surface area contributed by atoms with E-state index in [-0.39, 0.29) is 42.2 Å². The molecule has 1 aliphatic heterocycles. The number of aryl methyl sites for hydroxylation is 1. The predicted molar refractivity (Wildman–Crippen MR) is 98.6 cm³/mol. The molecule has 1 unspecified atom stereocenters. The average Bonchev–Trinajstić information content (AvgIpc) is 3.09. The van der Waals surface area contributed by atoms with Crippen LogP contribution in [0.5, 0.6) is 0 Å². The van der Waals surface area contributed by atoms with Crippen LogP contribution >= 0.6 is 0 Å². The Balaban J connectivity index is 1.73. The number of anilines is 2. The number of hydrogen-bond donors (Lipinski definition) is 2. The van der Waals surface area contributed by atoms with E-state index in [0.717, 1.165) is 5.56 Å². The number of nitrogens with one attached hydrogen (secondary N) is 1.